The van der Waals surface area contributed by atoms with Gasteiger partial charge in [-0.2, -0.15) is 0 Å². The Bertz CT molecular complexity index is 1110. The Morgan fingerprint density at radius 2 is 1.91 bits per heavy atom. The minimum Gasteiger partial charge on any atom is -0.444 e. The molecule has 2 aromatic rings. The van der Waals surface area contributed by atoms with Crippen molar-refractivity contribution in [2.24, 2.45) is 7.05 Å². The van der Waals surface area contributed by atoms with Crippen molar-refractivity contribution in [3.05, 3.63) is 33.9 Å². The van der Waals surface area contributed by atoms with Gasteiger partial charge in [0.05, 0.1) is 15.6 Å². The van der Waals surface area contributed by atoms with E-state index in [0.717, 1.165) is 5.52 Å². The number of aromatic nitrogens is 1. The number of aryl methyl sites for hydroxylation is 1. The number of halogens is 2. The summed E-state index contributed by atoms with van der Waals surface area (Å²) in [5.74, 6) is -0.443. The molecule has 1 aromatic carbocycles. The predicted octanol–water partition coefficient (Wildman–Crippen LogP) is 4.51. The van der Waals surface area contributed by atoms with E-state index in [0.29, 0.717) is 53.5 Å². The van der Waals surface area contributed by atoms with Gasteiger partial charge in [0.15, 0.2) is 0 Å². The number of nitrogens with one attached hydrogen (secondary N) is 2. The van der Waals surface area contributed by atoms with Crippen LogP contribution >= 0.6 is 23.2 Å². The van der Waals surface area contributed by atoms with Crippen molar-refractivity contribution in [2.75, 3.05) is 19.6 Å². The molecule has 1 unspecified atom stereocenters. The summed E-state index contributed by atoms with van der Waals surface area (Å²) < 4.78 is 7.33. The number of amides is 3. The molecule has 0 bridgehead atoms. The maximum absolute atomic E-state index is 13.5. The summed E-state index contributed by atoms with van der Waals surface area (Å²) in [7, 11) is 1.79. The zero-order valence-electron chi connectivity index (χ0n) is 20.3. The maximum atomic E-state index is 13.5. The van der Waals surface area contributed by atoms with Crippen molar-refractivity contribution >= 4 is 52.0 Å². The molecule has 1 fully saturated rings. The highest BCUT2D eigenvalue weighted by Gasteiger charge is 2.40. The highest BCUT2D eigenvalue weighted by atomic mass is 35.5. The normalized spacial score (nSPS) is 18.6. The topological polar surface area (TPSA) is 92.7 Å². The number of benzene rings is 1. The van der Waals surface area contributed by atoms with Gasteiger partial charge in [-0.05, 0) is 58.2 Å². The first kappa shape index (κ1) is 26.2. The lowest BCUT2D eigenvalue weighted by Crippen LogP contribution is -2.61. The monoisotopic (exact) mass is 510 g/mol. The van der Waals surface area contributed by atoms with E-state index in [-0.39, 0.29) is 18.4 Å². The average Bonchev–Trinajstić information content (AvgIpc) is 3.06. The molecule has 10 heteroatoms. The molecule has 2 N–H and O–H groups in total. The van der Waals surface area contributed by atoms with Gasteiger partial charge in [0.1, 0.15) is 11.3 Å². The number of ether oxygens (including phenoxy) is 1. The Morgan fingerprint density at radius 3 is 2.56 bits per heavy atom. The third-order valence-electron chi connectivity index (χ3n) is 5.93. The zero-order valence-corrected chi connectivity index (χ0v) is 21.8. The van der Waals surface area contributed by atoms with Crippen molar-refractivity contribution in [3.63, 3.8) is 0 Å². The predicted molar refractivity (Wildman–Crippen MR) is 133 cm³/mol. The molecule has 1 atom stereocenters. The average molecular weight is 511 g/mol. The molecule has 1 saturated heterocycles. The molecule has 0 spiro atoms. The van der Waals surface area contributed by atoms with Crippen LogP contribution in [0.2, 0.25) is 10.0 Å². The molecular weight excluding hydrogens is 479 g/mol. The van der Waals surface area contributed by atoms with Gasteiger partial charge in [0.2, 0.25) is 5.91 Å². The maximum Gasteiger partial charge on any atom is 0.410 e. The van der Waals surface area contributed by atoms with Crippen LogP contribution in [0.5, 0.6) is 0 Å². The van der Waals surface area contributed by atoms with Crippen LogP contribution in [-0.4, -0.2) is 58.1 Å². The second kappa shape index (κ2) is 10.0. The number of carbonyl (C=O) groups excluding carboxylic acids is 3. The molecule has 1 aliphatic rings. The SMILES string of the molecule is CC(=O)NCCC1(NC(=O)c2cc3c(Cl)c(Cl)ccc3n2C)CCCN(C(=O)OC(C)(C)C)C1. The van der Waals surface area contributed by atoms with Crippen LogP contribution in [0.4, 0.5) is 4.79 Å². The molecule has 0 aliphatic carbocycles. The molecule has 34 heavy (non-hydrogen) atoms. The van der Waals surface area contributed by atoms with E-state index in [2.05, 4.69) is 10.6 Å². The second-order valence-corrected chi connectivity index (χ2v) is 10.6. The number of nitrogens with zero attached hydrogens (tertiary/aromatic N) is 2. The Morgan fingerprint density at radius 1 is 1.21 bits per heavy atom. The first-order chi connectivity index (χ1) is 15.8. The number of piperidine rings is 1. The van der Waals surface area contributed by atoms with Crippen LogP contribution in [-0.2, 0) is 16.6 Å². The largest absolute Gasteiger partial charge is 0.444 e. The van der Waals surface area contributed by atoms with Crippen molar-refractivity contribution in [3.8, 4) is 0 Å². The number of fused-ring (bicyclic) bond motifs is 1. The van der Waals surface area contributed by atoms with E-state index in [9.17, 15) is 14.4 Å². The molecule has 3 rings (SSSR count). The molecule has 8 nitrogen and oxygen atoms in total. The van der Waals surface area contributed by atoms with Gasteiger partial charge in [0, 0.05) is 44.5 Å². The summed E-state index contributed by atoms with van der Waals surface area (Å²) in [4.78, 5) is 39.3. The van der Waals surface area contributed by atoms with E-state index in [1.165, 1.54) is 6.92 Å². The van der Waals surface area contributed by atoms with E-state index in [1.807, 2.05) is 26.8 Å². The van der Waals surface area contributed by atoms with E-state index >= 15 is 0 Å². The molecule has 3 amide bonds. The molecule has 0 saturated carbocycles. The lowest BCUT2D eigenvalue weighted by Gasteiger charge is -2.43. The van der Waals surface area contributed by atoms with Crippen molar-refractivity contribution in [1.82, 2.24) is 20.1 Å². The first-order valence-corrected chi connectivity index (χ1v) is 12.1. The van der Waals surface area contributed by atoms with Gasteiger partial charge >= 0.3 is 6.09 Å². The van der Waals surface area contributed by atoms with Crippen LogP contribution in [0, 0.1) is 0 Å². The van der Waals surface area contributed by atoms with Crippen LogP contribution in [0.1, 0.15) is 57.4 Å². The lowest BCUT2D eigenvalue weighted by molar-refractivity contribution is -0.119. The fourth-order valence-corrected chi connectivity index (χ4v) is 4.71. The number of hydrogen-bond acceptors (Lipinski definition) is 4. The Labute approximate surface area is 209 Å². The number of hydrogen-bond donors (Lipinski definition) is 2. The molecule has 186 valence electrons. The zero-order chi connectivity index (χ0) is 25.3. The molecule has 0 radical (unpaired) electrons. The Kier molecular flexibility index (Phi) is 7.72. The molecule has 1 aliphatic heterocycles. The highest BCUT2D eigenvalue weighted by molar-refractivity contribution is 6.45. The Hall–Kier alpha value is -2.45. The van der Waals surface area contributed by atoms with Gasteiger partial charge in [-0.25, -0.2) is 4.79 Å². The Balaban J connectivity index is 1.88. The van der Waals surface area contributed by atoms with Crippen LogP contribution < -0.4 is 10.6 Å². The third kappa shape index (κ3) is 5.96. The molecule has 1 aromatic heterocycles. The van der Waals surface area contributed by atoms with Gasteiger partial charge in [-0.1, -0.05) is 23.2 Å². The second-order valence-electron chi connectivity index (χ2n) is 9.86. The summed E-state index contributed by atoms with van der Waals surface area (Å²) in [5, 5.41) is 7.46. The highest BCUT2D eigenvalue weighted by Crippen LogP contribution is 2.33. The minimum absolute atomic E-state index is 0.151. The fourth-order valence-electron chi connectivity index (χ4n) is 4.33. The van der Waals surface area contributed by atoms with E-state index < -0.39 is 17.2 Å². The first-order valence-electron chi connectivity index (χ1n) is 11.3. The molecule has 2 heterocycles. The summed E-state index contributed by atoms with van der Waals surface area (Å²) in [6.07, 6.45) is 1.40. The summed E-state index contributed by atoms with van der Waals surface area (Å²) >= 11 is 12.5. The molecular formula is C24H32Cl2N4O4. The van der Waals surface area contributed by atoms with Crippen molar-refractivity contribution < 1.29 is 19.1 Å². The number of likely N-dealkylation sites (tertiary alicyclic amines) is 1. The fraction of sp³-hybridized carbons (Fsp3) is 0.542. The number of rotatable bonds is 5. The summed E-state index contributed by atoms with van der Waals surface area (Å²) in [6.45, 7) is 8.09. The van der Waals surface area contributed by atoms with Crippen LogP contribution in [0.25, 0.3) is 10.9 Å². The van der Waals surface area contributed by atoms with Gasteiger partial charge in [-0.15, -0.1) is 0 Å². The van der Waals surface area contributed by atoms with Crippen LogP contribution in [0.3, 0.4) is 0 Å². The van der Waals surface area contributed by atoms with Crippen molar-refractivity contribution in [2.45, 2.75) is 58.1 Å². The standard InChI is InChI=1S/C24H32Cl2N4O4/c1-15(31)27-11-10-24(9-6-12-30(14-24)22(33)34-23(2,3)4)28-21(32)19-13-16-18(29(19)5)8-7-17(25)20(16)26/h7-8,13H,6,9-12,14H2,1-5H3,(H,27,31)(H,28,32). The van der Waals surface area contributed by atoms with Crippen LogP contribution in [0.15, 0.2) is 18.2 Å². The minimum atomic E-state index is -0.730. The quantitative estimate of drug-likeness (QED) is 0.618. The summed E-state index contributed by atoms with van der Waals surface area (Å²) in [5.41, 5.74) is -0.147. The van der Waals surface area contributed by atoms with E-state index in [4.69, 9.17) is 27.9 Å². The van der Waals surface area contributed by atoms with Gasteiger partial charge in [0.25, 0.3) is 5.91 Å². The van der Waals surface area contributed by atoms with E-state index in [1.54, 1.807) is 28.6 Å². The summed E-state index contributed by atoms with van der Waals surface area (Å²) in [6, 6.07) is 5.23. The number of carbonyl (C=O) groups is 3. The lowest BCUT2D eigenvalue weighted by atomic mass is 9.85. The van der Waals surface area contributed by atoms with Gasteiger partial charge in [-0.3, -0.25) is 9.59 Å². The smallest absolute Gasteiger partial charge is 0.410 e. The van der Waals surface area contributed by atoms with Crippen molar-refractivity contribution in [1.29, 1.82) is 0 Å². The van der Waals surface area contributed by atoms with Gasteiger partial charge < -0.3 is 24.8 Å². The third-order valence-corrected chi connectivity index (χ3v) is 6.75.